The van der Waals surface area contributed by atoms with Gasteiger partial charge in [0, 0.05) is 66.8 Å². The smallest absolute Gasteiger partial charge is 0.330 e. The van der Waals surface area contributed by atoms with Gasteiger partial charge in [0.1, 0.15) is 0 Å². The zero-order valence-electron chi connectivity index (χ0n) is 24.9. The van der Waals surface area contributed by atoms with Gasteiger partial charge in [0.2, 0.25) is 11.9 Å². The van der Waals surface area contributed by atoms with E-state index in [4.69, 9.17) is 10.4 Å². The van der Waals surface area contributed by atoms with Crippen molar-refractivity contribution >= 4 is 52.7 Å². The van der Waals surface area contributed by atoms with Crippen LogP contribution in [-0.4, -0.2) is 65.6 Å². The maximum atomic E-state index is 14.1. The Morgan fingerprint density at radius 3 is 2.61 bits per heavy atom. The molecule has 0 fully saturated rings. The fourth-order valence-electron chi connectivity index (χ4n) is 4.81. The predicted octanol–water partition coefficient (Wildman–Crippen LogP) is 5.59. The lowest BCUT2D eigenvalue weighted by Gasteiger charge is -2.36. The Kier molecular flexibility index (Phi) is 9.26. The lowest BCUT2D eigenvalue weighted by atomic mass is 10.1. The quantitative estimate of drug-likeness (QED) is 0.133. The van der Waals surface area contributed by atoms with Crippen LogP contribution >= 0.6 is 0 Å². The van der Waals surface area contributed by atoms with Gasteiger partial charge in [-0.15, -0.1) is 0 Å². The molecule has 0 saturated heterocycles. The van der Waals surface area contributed by atoms with Crippen LogP contribution in [0.5, 0.6) is 0 Å². The van der Waals surface area contributed by atoms with Crippen molar-refractivity contribution in [2.45, 2.75) is 13.1 Å². The molecule has 11 heteroatoms. The molecule has 1 aromatic heterocycles. The zero-order valence-corrected chi connectivity index (χ0v) is 24.9. The van der Waals surface area contributed by atoms with Gasteiger partial charge in [0.05, 0.1) is 12.2 Å². The largest absolute Gasteiger partial charge is 0.388 e. The molecule has 0 saturated carbocycles. The van der Waals surface area contributed by atoms with Gasteiger partial charge in [-0.05, 0) is 56.1 Å². The summed E-state index contributed by atoms with van der Waals surface area (Å²) in [6.45, 7) is 1.39. The Hall–Kier alpha value is -5.55. The molecule has 3 amide bonds. The predicted molar refractivity (Wildman–Crippen MR) is 175 cm³/mol. The van der Waals surface area contributed by atoms with Crippen molar-refractivity contribution in [3.05, 3.63) is 108 Å². The Morgan fingerprint density at radius 1 is 1.05 bits per heavy atom. The minimum atomic E-state index is -0.260. The molecule has 0 spiro atoms. The Morgan fingerprint density at radius 2 is 1.86 bits per heavy atom. The highest BCUT2D eigenvalue weighted by Gasteiger charge is 2.33. The number of urea groups is 1. The standard InChI is InChI=1S/C33H35N9O2/c1-35-29-18-27(15-14-24(29)19-34)38-32-36-20-25-22-41(21-23-9-5-4-6-10-23)33(44)42(31(25)39-32)28-12-7-11-26(17-28)37-30(43)13-8-16-40(2)3/h4-15,17-20,34-35H,16,21-22H2,1-3H3,(H,37,43)(H,36,38,39)/b13-8+,34-19?. The average Bonchev–Trinajstić information content (AvgIpc) is 3.02. The van der Waals surface area contributed by atoms with E-state index in [2.05, 4.69) is 20.9 Å². The maximum Gasteiger partial charge on any atom is 0.330 e. The Labute approximate surface area is 256 Å². The van der Waals surface area contributed by atoms with Gasteiger partial charge in [0.25, 0.3) is 0 Å². The van der Waals surface area contributed by atoms with Crippen molar-refractivity contribution in [2.75, 3.05) is 48.5 Å². The van der Waals surface area contributed by atoms with E-state index in [-0.39, 0.29) is 11.9 Å². The summed E-state index contributed by atoms with van der Waals surface area (Å²) in [5, 5.41) is 16.8. The molecule has 2 heterocycles. The molecule has 4 N–H and O–H groups in total. The Balaban J connectivity index is 1.48. The van der Waals surface area contributed by atoms with Crippen LogP contribution in [0, 0.1) is 5.41 Å². The molecule has 11 nitrogen and oxygen atoms in total. The van der Waals surface area contributed by atoms with Crippen LogP contribution in [0.1, 0.15) is 16.7 Å². The molecule has 5 rings (SSSR count). The first-order valence-corrected chi connectivity index (χ1v) is 14.1. The second-order valence-corrected chi connectivity index (χ2v) is 10.5. The van der Waals surface area contributed by atoms with Crippen LogP contribution in [-0.2, 0) is 17.9 Å². The van der Waals surface area contributed by atoms with E-state index in [9.17, 15) is 9.59 Å². The van der Waals surface area contributed by atoms with E-state index in [1.807, 2.05) is 73.6 Å². The fourth-order valence-corrected chi connectivity index (χ4v) is 4.81. The molecule has 1 aliphatic heterocycles. The first-order valence-electron chi connectivity index (χ1n) is 14.1. The van der Waals surface area contributed by atoms with Crippen molar-refractivity contribution in [1.29, 1.82) is 5.41 Å². The first kappa shape index (κ1) is 29.9. The third kappa shape index (κ3) is 7.08. The fraction of sp³-hybridized carbons (Fsp3) is 0.182. The van der Waals surface area contributed by atoms with Crippen LogP contribution in [0.3, 0.4) is 0 Å². The molecule has 0 bridgehead atoms. The second-order valence-electron chi connectivity index (χ2n) is 10.5. The number of nitrogens with zero attached hydrogens (tertiary/aromatic N) is 5. The van der Waals surface area contributed by atoms with E-state index < -0.39 is 0 Å². The third-order valence-electron chi connectivity index (χ3n) is 6.94. The molecule has 44 heavy (non-hydrogen) atoms. The highest BCUT2D eigenvalue weighted by Crippen LogP contribution is 2.36. The number of rotatable bonds is 11. The summed E-state index contributed by atoms with van der Waals surface area (Å²) in [5.74, 6) is 0.512. The highest BCUT2D eigenvalue weighted by atomic mass is 16.2. The van der Waals surface area contributed by atoms with Gasteiger partial charge >= 0.3 is 6.03 Å². The van der Waals surface area contributed by atoms with Gasteiger partial charge in [0.15, 0.2) is 5.82 Å². The van der Waals surface area contributed by atoms with E-state index in [1.54, 1.807) is 47.3 Å². The number of carbonyl (C=O) groups is 2. The summed E-state index contributed by atoms with van der Waals surface area (Å²) >= 11 is 0. The SMILES string of the molecule is CNc1cc(Nc2ncc3c(n2)N(c2cccc(NC(=O)/C=C/CN(C)C)c2)C(=O)N(Cc2ccccc2)C3)ccc1C=N. The first-order chi connectivity index (χ1) is 21.3. The number of fused-ring (bicyclic) bond motifs is 1. The van der Waals surface area contributed by atoms with Crippen molar-refractivity contribution in [3.8, 4) is 0 Å². The van der Waals surface area contributed by atoms with Crippen LogP contribution < -0.4 is 20.9 Å². The minimum Gasteiger partial charge on any atom is -0.388 e. The Bertz CT molecular complexity index is 1690. The van der Waals surface area contributed by atoms with Gasteiger partial charge in [-0.1, -0.05) is 42.5 Å². The molecular weight excluding hydrogens is 554 g/mol. The van der Waals surface area contributed by atoms with Crippen molar-refractivity contribution in [3.63, 3.8) is 0 Å². The lowest BCUT2D eigenvalue weighted by molar-refractivity contribution is -0.111. The summed E-state index contributed by atoms with van der Waals surface area (Å²) in [4.78, 5) is 41.3. The van der Waals surface area contributed by atoms with Crippen LogP contribution in [0.4, 0.5) is 39.3 Å². The van der Waals surface area contributed by atoms with Crippen molar-refractivity contribution in [2.24, 2.45) is 0 Å². The second kappa shape index (κ2) is 13.6. The van der Waals surface area contributed by atoms with Crippen LogP contribution in [0.2, 0.25) is 0 Å². The van der Waals surface area contributed by atoms with Crippen LogP contribution in [0.15, 0.2) is 91.1 Å². The van der Waals surface area contributed by atoms with E-state index in [0.717, 1.165) is 28.1 Å². The van der Waals surface area contributed by atoms with Gasteiger partial charge in [-0.3, -0.25) is 4.79 Å². The van der Waals surface area contributed by atoms with Gasteiger partial charge in [-0.2, -0.15) is 4.98 Å². The van der Waals surface area contributed by atoms with Gasteiger partial charge < -0.3 is 31.2 Å². The summed E-state index contributed by atoms with van der Waals surface area (Å²) < 4.78 is 0. The maximum absolute atomic E-state index is 14.1. The molecular formula is C33H35N9O2. The number of anilines is 6. The number of likely N-dealkylation sites (N-methyl/N-ethyl adjacent to an activating group) is 1. The van der Waals surface area contributed by atoms with Crippen molar-refractivity contribution in [1.82, 2.24) is 19.8 Å². The molecule has 224 valence electrons. The molecule has 0 unspecified atom stereocenters. The monoisotopic (exact) mass is 589 g/mol. The zero-order chi connectivity index (χ0) is 31.1. The average molecular weight is 590 g/mol. The van der Waals surface area contributed by atoms with E-state index in [1.165, 1.54) is 12.3 Å². The number of hydrogen-bond acceptors (Lipinski definition) is 8. The lowest BCUT2D eigenvalue weighted by Crippen LogP contribution is -2.45. The summed E-state index contributed by atoms with van der Waals surface area (Å²) in [5.41, 5.74) is 5.15. The molecule has 4 aromatic rings. The number of amides is 3. The number of benzene rings is 3. The molecule has 0 atom stereocenters. The summed E-state index contributed by atoms with van der Waals surface area (Å²) in [6, 6.07) is 22.3. The van der Waals surface area contributed by atoms with E-state index >= 15 is 0 Å². The number of aromatic nitrogens is 2. The summed E-state index contributed by atoms with van der Waals surface area (Å²) in [7, 11) is 5.65. The summed E-state index contributed by atoms with van der Waals surface area (Å²) in [6.07, 6.45) is 6.30. The normalized spacial score (nSPS) is 12.8. The van der Waals surface area contributed by atoms with Gasteiger partial charge in [-0.25, -0.2) is 14.7 Å². The molecule has 3 aromatic carbocycles. The number of carbonyl (C=O) groups excluding carboxylic acids is 2. The molecule has 0 radical (unpaired) electrons. The van der Waals surface area contributed by atoms with Crippen molar-refractivity contribution < 1.29 is 9.59 Å². The highest BCUT2D eigenvalue weighted by molar-refractivity contribution is 6.03. The molecule has 0 aliphatic carbocycles. The number of hydrogen-bond donors (Lipinski definition) is 4. The number of nitrogens with one attached hydrogen (secondary N) is 4. The molecule has 1 aliphatic rings. The third-order valence-corrected chi connectivity index (χ3v) is 6.94. The van der Waals surface area contributed by atoms with Crippen LogP contribution in [0.25, 0.3) is 0 Å². The topological polar surface area (TPSA) is 130 Å². The van der Waals surface area contributed by atoms with E-state index in [0.29, 0.717) is 42.8 Å². The minimum absolute atomic E-state index is 0.242.